The molecule has 0 saturated heterocycles. The summed E-state index contributed by atoms with van der Waals surface area (Å²) in [6.07, 6.45) is 4.72. The zero-order chi connectivity index (χ0) is 16.1. The minimum atomic E-state index is 1.01. The van der Waals surface area contributed by atoms with E-state index < -0.39 is 0 Å². The molecule has 0 spiro atoms. The summed E-state index contributed by atoms with van der Waals surface area (Å²) in [5.74, 6) is 0. The summed E-state index contributed by atoms with van der Waals surface area (Å²) < 4.78 is 0. The lowest BCUT2D eigenvalue weighted by Gasteiger charge is -2.18. The molecule has 3 rings (SSSR count). The van der Waals surface area contributed by atoms with E-state index in [0.29, 0.717) is 0 Å². The zero-order valence-corrected chi connectivity index (χ0v) is 13.9. The van der Waals surface area contributed by atoms with Crippen LogP contribution < -0.4 is 0 Å². The van der Waals surface area contributed by atoms with E-state index >= 15 is 0 Å². The van der Waals surface area contributed by atoms with Crippen LogP contribution in [-0.4, -0.2) is 34.5 Å². The number of fused-ring (bicyclic) bond motifs is 1. The Morgan fingerprint density at radius 3 is 2.57 bits per heavy atom. The average molecular weight is 305 g/mol. The molecule has 118 valence electrons. The molecule has 23 heavy (non-hydrogen) atoms. The molecule has 0 unspecified atom stereocenters. The minimum Gasteiger partial charge on any atom is -0.304 e. The normalized spacial score (nSPS) is 11.3. The van der Waals surface area contributed by atoms with E-state index in [2.05, 4.69) is 60.1 Å². The Balaban J connectivity index is 2.01. The molecule has 2 heterocycles. The minimum absolute atomic E-state index is 1.01. The molecule has 1 aromatic carbocycles. The first-order valence-corrected chi connectivity index (χ1v) is 8.33. The van der Waals surface area contributed by atoms with Crippen molar-refractivity contribution in [3.05, 3.63) is 60.4 Å². The SMILES string of the molecule is CCN(CC)CCc1cc(-c2cccnc2)nc2ccccc12. The number of para-hydroxylation sites is 1. The highest BCUT2D eigenvalue weighted by atomic mass is 15.1. The molecule has 0 fully saturated rings. The molecule has 0 saturated carbocycles. The Hall–Kier alpha value is -2.26. The van der Waals surface area contributed by atoms with Gasteiger partial charge < -0.3 is 4.90 Å². The molecule has 0 aliphatic rings. The summed E-state index contributed by atoms with van der Waals surface area (Å²) in [6.45, 7) is 7.70. The fourth-order valence-corrected chi connectivity index (χ4v) is 2.93. The van der Waals surface area contributed by atoms with Gasteiger partial charge in [0, 0.05) is 29.9 Å². The van der Waals surface area contributed by atoms with E-state index in [4.69, 9.17) is 4.98 Å². The van der Waals surface area contributed by atoms with Crippen molar-refractivity contribution in [1.29, 1.82) is 0 Å². The molecule has 0 bridgehead atoms. The fraction of sp³-hybridized carbons (Fsp3) is 0.300. The first kappa shape index (κ1) is 15.6. The largest absolute Gasteiger partial charge is 0.304 e. The molecule has 0 amide bonds. The van der Waals surface area contributed by atoms with Crippen molar-refractivity contribution >= 4 is 10.9 Å². The predicted molar refractivity (Wildman–Crippen MR) is 96.5 cm³/mol. The van der Waals surface area contributed by atoms with Gasteiger partial charge in [0.1, 0.15) is 0 Å². The number of benzene rings is 1. The molecule has 3 heteroatoms. The Kier molecular flexibility index (Phi) is 4.99. The van der Waals surface area contributed by atoms with Gasteiger partial charge in [0.05, 0.1) is 11.2 Å². The monoisotopic (exact) mass is 305 g/mol. The van der Waals surface area contributed by atoms with Crippen molar-refractivity contribution in [2.75, 3.05) is 19.6 Å². The van der Waals surface area contributed by atoms with Crippen LogP contribution >= 0.6 is 0 Å². The summed E-state index contributed by atoms with van der Waals surface area (Å²) >= 11 is 0. The molecule has 0 N–H and O–H groups in total. The number of aromatic nitrogens is 2. The lowest BCUT2D eigenvalue weighted by Crippen LogP contribution is -2.25. The highest BCUT2D eigenvalue weighted by Gasteiger charge is 2.09. The van der Waals surface area contributed by atoms with E-state index in [9.17, 15) is 0 Å². The van der Waals surface area contributed by atoms with E-state index in [-0.39, 0.29) is 0 Å². The second-order valence-electron chi connectivity index (χ2n) is 5.70. The van der Waals surface area contributed by atoms with Crippen LogP contribution in [-0.2, 0) is 6.42 Å². The number of hydrogen-bond acceptors (Lipinski definition) is 3. The fourth-order valence-electron chi connectivity index (χ4n) is 2.93. The maximum Gasteiger partial charge on any atom is 0.0727 e. The topological polar surface area (TPSA) is 29.0 Å². The van der Waals surface area contributed by atoms with E-state index in [1.54, 1.807) is 6.20 Å². The van der Waals surface area contributed by atoms with E-state index in [1.807, 2.05) is 12.3 Å². The zero-order valence-electron chi connectivity index (χ0n) is 13.9. The Labute approximate surface area is 138 Å². The number of nitrogens with zero attached hydrogens (tertiary/aromatic N) is 3. The highest BCUT2D eigenvalue weighted by Crippen LogP contribution is 2.24. The first-order valence-electron chi connectivity index (χ1n) is 8.33. The van der Waals surface area contributed by atoms with Gasteiger partial charge in [0.15, 0.2) is 0 Å². The van der Waals surface area contributed by atoms with Crippen LogP contribution in [0.4, 0.5) is 0 Å². The summed E-state index contributed by atoms with van der Waals surface area (Å²) in [4.78, 5) is 11.5. The molecule has 0 atom stereocenters. The molecular formula is C20H23N3. The Bertz CT molecular complexity index is 764. The van der Waals surface area contributed by atoms with Crippen LogP contribution in [0.25, 0.3) is 22.2 Å². The third kappa shape index (κ3) is 3.57. The van der Waals surface area contributed by atoms with Gasteiger partial charge in [-0.15, -0.1) is 0 Å². The van der Waals surface area contributed by atoms with E-state index in [0.717, 1.165) is 42.8 Å². The Morgan fingerprint density at radius 1 is 1.00 bits per heavy atom. The van der Waals surface area contributed by atoms with Gasteiger partial charge in [-0.2, -0.15) is 0 Å². The van der Waals surface area contributed by atoms with Gasteiger partial charge in [-0.1, -0.05) is 32.0 Å². The molecule has 0 aliphatic heterocycles. The second kappa shape index (κ2) is 7.34. The smallest absolute Gasteiger partial charge is 0.0727 e. The number of pyridine rings is 2. The third-order valence-electron chi connectivity index (χ3n) is 4.35. The van der Waals surface area contributed by atoms with Crippen molar-refractivity contribution in [3.8, 4) is 11.3 Å². The van der Waals surface area contributed by atoms with Gasteiger partial charge in [0.2, 0.25) is 0 Å². The van der Waals surface area contributed by atoms with Gasteiger partial charge in [-0.3, -0.25) is 4.98 Å². The number of rotatable bonds is 6. The van der Waals surface area contributed by atoms with Crippen LogP contribution in [0.2, 0.25) is 0 Å². The van der Waals surface area contributed by atoms with Crippen LogP contribution in [0.3, 0.4) is 0 Å². The lowest BCUT2D eigenvalue weighted by atomic mass is 10.0. The van der Waals surface area contributed by atoms with Crippen LogP contribution in [0.5, 0.6) is 0 Å². The molecule has 3 aromatic rings. The predicted octanol–water partition coefficient (Wildman–Crippen LogP) is 4.18. The summed E-state index contributed by atoms with van der Waals surface area (Å²) in [7, 11) is 0. The molecule has 2 aromatic heterocycles. The number of hydrogen-bond donors (Lipinski definition) is 0. The summed E-state index contributed by atoms with van der Waals surface area (Å²) in [5, 5.41) is 1.26. The third-order valence-corrected chi connectivity index (χ3v) is 4.35. The summed E-state index contributed by atoms with van der Waals surface area (Å²) in [5.41, 5.74) is 4.50. The average Bonchev–Trinajstić information content (AvgIpc) is 2.63. The van der Waals surface area contributed by atoms with Crippen molar-refractivity contribution in [2.45, 2.75) is 20.3 Å². The summed E-state index contributed by atoms with van der Waals surface area (Å²) in [6, 6.07) is 14.7. The highest BCUT2D eigenvalue weighted by molar-refractivity contribution is 5.85. The lowest BCUT2D eigenvalue weighted by molar-refractivity contribution is 0.308. The van der Waals surface area contributed by atoms with Gasteiger partial charge in [0.25, 0.3) is 0 Å². The second-order valence-corrected chi connectivity index (χ2v) is 5.70. The molecule has 0 aliphatic carbocycles. The van der Waals surface area contributed by atoms with Crippen LogP contribution in [0.15, 0.2) is 54.9 Å². The maximum atomic E-state index is 4.82. The maximum absolute atomic E-state index is 4.82. The quantitative estimate of drug-likeness (QED) is 0.684. The van der Waals surface area contributed by atoms with Gasteiger partial charge in [-0.25, -0.2) is 4.98 Å². The van der Waals surface area contributed by atoms with Crippen LogP contribution in [0, 0.1) is 0 Å². The van der Waals surface area contributed by atoms with Crippen molar-refractivity contribution < 1.29 is 0 Å². The van der Waals surface area contributed by atoms with Crippen molar-refractivity contribution in [3.63, 3.8) is 0 Å². The molecule has 0 radical (unpaired) electrons. The van der Waals surface area contributed by atoms with Crippen molar-refractivity contribution in [1.82, 2.24) is 14.9 Å². The van der Waals surface area contributed by atoms with Gasteiger partial charge >= 0.3 is 0 Å². The van der Waals surface area contributed by atoms with Crippen molar-refractivity contribution in [2.24, 2.45) is 0 Å². The first-order chi connectivity index (χ1) is 11.3. The molecular weight excluding hydrogens is 282 g/mol. The standard InChI is InChI=1S/C20H23N3/c1-3-23(4-2)13-11-16-14-20(17-8-7-12-21-15-17)22-19-10-6-5-9-18(16)19/h5-10,12,14-15H,3-4,11,13H2,1-2H3. The Morgan fingerprint density at radius 2 is 1.83 bits per heavy atom. The number of likely N-dealkylation sites (N-methyl/N-ethyl adjacent to an activating group) is 1. The van der Waals surface area contributed by atoms with E-state index in [1.165, 1.54) is 10.9 Å². The van der Waals surface area contributed by atoms with Gasteiger partial charge in [-0.05, 0) is 49.3 Å². The van der Waals surface area contributed by atoms with Crippen LogP contribution in [0.1, 0.15) is 19.4 Å². The molecule has 3 nitrogen and oxygen atoms in total.